The molecule has 0 spiro atoms. The Morgan fingerprint density at radius 3 is 2.75 bits per heavy atom. The molecule has 0 bridgehead atoms. The van der Waals surface area contributed by atoms with E-state index in [9.17, 15) is 14.4 Å². The zero-order chi connectivity index (χ0) is 19.7. The molecule has 0 unspecified atom stereocenters. The van der Waals surface area contributed by atoms with Crippen molar-refractivity contribution in [1.82, 2.24) is 4.90 Å². The van der Waals surface area contributed by atoms with E-state index < -0.39 is 5.97 Å². The predicted octanol–water partition coefficient (Wildman–Crippen LogP) is 2.09. The summed E-state index contributed by atoms with van der Waals surface area (Å²) in [7, 11) is 0. The van der Waals surface area contributed by atoms with Gasteiger partial charge in [-0.1, -0.05) is 18.2 Å². The fraction of sp³-hybridized carbons (Fsp3) is 0.286. The Hall–Kier alpha value is -3.35. The van der Waals surface area contributed by atoms with Gasteiger partial charge in [0.05, 0.1) is 11.3 Å². The average Bonchev–Trinajstić information content (AvgIpc) is 2.72. The van der Waals surface area contributed by atoms with Crippen molar-refractivity contribution in [3.05, 3.63) is 59.2 Å². The van der Waals surface area contributed by atoms with E-state index in [0.29, 0.717) is 30.9 Å². The molecule has 2 amide bonds. The zero-order valence-electron chi connectivity index (χ0n) is 15.3. The van der Waals surface area contributed by atoms with Gasteiger partial charge in [-0.3, -0.25) is 9.59 Å². The molecule has 0 radical (unpaired) electrons. The average molecular weight is 380 g/mol. The Kier molecular flexibility index (Phi) is 4.73. The lowest BCUT2D eigenvalue weighted by atomic mass is 9.97. The molecule has 0 saturated carbocycles. The summed E-state index contributed by atoms with van der Waals surface area (Å²) in [5.41, 5.74) is 2.85. The van der Waals surface area contributed by atoms with E-state index in [4.69, 9.17) is 9.84 Å². The Bertz CT molecular complexity index is 956. The molecular formula is C21H20N2O5. The van der Waals surface area contributed by atoms with E-state index in [1.807, 2.05) is 18.2 Å². The maximum atomic E-state index is 12.7. The fourth-order valence-corrected chi connectivity index (χ4v) is 3.67. The van der Waals surface area contributed by atoms with E-state index in [0.717, 1.165) is 11.1 Å². The van der Waals surface area contributed by atoms with Crippen molar-refractivity contribution in [3.8, 4) is 5.75 Å². The summed E-state index contributed by atoms with van der Waals surface area (Å²) in [6.07, 6.45) is 0.897. The number of carboxylic acids is 1. The van der Waals surface area contributed by atoms with Crippen molar-refractivity contribution in [2.45, 2.75) is 19.4 Å². The lowest BCUT2D eigenvalue weighted by Gasteiger charge is -2.32. The number of nitrogens with zero attached hydrogens (tertiary/aromatic N) is 2. The lowest BCUT2D eigenvalue weighted by Crippen LogP contribution is -2.42. The summed E-state index contributed by atoms with van der Waals surface area (Å²) in [6, 6.07) is 12.3. The Morgan fingerprint density at radius 1 is 1.11 bits per heavy atom. The van der Waals surface area contributed by atoms with Gasteiger partial charge in [-0.05, 0) is 41.8 Å². The third-order valence-corrected chi connectivity index (χ3v) is 5.18. The molecule has 7 heteroatoms. The number of benzene rings is 2. The zero-order valence-corrected chi connectivity index (χ0v) is 15.3. The number of ether oxygens (including phenoxy) is 1. The third kappa shape index (κ3) is 3.43. The van der Waals surface area contributed by atoms with E-state index in [1.54, 1.807) is 34.1 Å². The van der Waals surface area contributed by atoms with Crippen LogP contribution in [0.25, 0.3) is 0 Å². The van der Waals surface area contributed by atoms with E-state index in [-0.39, 0.29) is 37.0 Å². The van der Waals surface area contributed by atoms with Crippen LogP contribution in [0.5, 0.6) is 5.75 Å². The minimum atomic E-state index is -0.976. The molecule has 2 heterocycles. The number of carbonyl (C=O) groups excluding carboxylic acids is 2. The molecule has 2 aliphatic heterocycles. The lowest BCUT2D eigenvalue weighted by molar-refractivity contribution is -0.132. The molecule has 1 N–H and O–H groups in total. The monoisotopic (exact) mass is 380 g/mol. The van der Waals surface area contributed by atoms with Crippen LogP contribution in [-0.2, 0) is 22.6 Å². The first-order chi connectivity index (χ1) is 13.5. The van der Waals surface area contributed by atoms with Crippen LogP contribution in [0.3, 0.4) is 0 Å². The highest BCUT2D eigenvalue weighted by atomic mass is 16.5. The molecule has 2 aromatic rings. The van der Waals surface area contributed by atoms with Gasteiger partial charge in [0.15, 0.2) is 6.61 Å². The van der Waals surface area contributed by atoms with Crippen LogP contribution in [0.15, 0.2) is 42.5 Å². The smallest absolute Gasteiger partial charge is 0.335 e. The summed E-state index contributed by atoms with van der Waals surface area (Å²) in [6.45, 7) is 1.24. The molecule has 0 atom stereocenters. The van der Waals surface area contributed by atoms with Crippen molar-refractivity contribution < 1.29 is 24.2 Å². The molecule has 0 aromatic heterocycles. The van der Waals surface area contributed by atoms with Gasteiger partial charge >= 0.3 is 5.97 Å². The van der Waals surface area contributed by atoms with Crippen molar-refractivity contribution in [1.29, 1.82) is 0 Å². The van der Waals surface area contributed by atoms with E-state index in [1.165, 1.54) is 0 Å². The minimum Gasteiger partial charge on any atom is -0.482 e. The largest absolute Gasteiger partial charge is 0.482 e. The van der Waals surface area contributed by atoms with Crippen LogP contribution in [0.4, 0.5) is 5.69 Å². The molecule has 28 heavy (non-hydrogen) atoms. The topological polar surface area (TPSA) is 87.2 Å². The van der Waals surface area contributed by atoms with Crippen molar-refractivity contribution in [2.75, 3.05) is 24.6 Å². The van der Waals surface area contributed by atoms with Crippen LogP contribution in [-0.4, -0.2) is 47.5 Å². The second-order valence-electron chi connectivity index (χ2n) is 6.91. The molecule has 0 aliphatic carbocycles. The first-order valence-electron chi connectivity index (χ1n) is 9.18. The van der Waals surface area contributed by atoms with Crippen LogP contribution in [0, 0.1) is 0 Å². The number of carboxylic acid groups (broad SMARTS) is 1. The van der Waals surface area contributed by atoms with Gasteiger partial charge < -0.3 is 19.6 Å². The molecule has 4 rings (SSSR count). The number of rotatable bonds is 4. The normalized spacial score (nSPS) is 15.5. The van der Waals surface area contributed by atoms with Crippen LogP contribution in [0.2, 0.25) is 0 Å². The SMILES string of the molecule is O=C(O)c1ccc2c(c1)CN(C(=O)CCN1C(=O)COc3ccccc31)CC2. The molecule has 2 aromatic carbocycles. The summed E-state index contributed by atoms with van der Waals surface area (Å²) in [5, 5.41) is 9.17. The number of anilines is 1. The van der Waals surface area contributed by atoms with Gasteiger partial charge in [0.1, 0.15) is 5.75 Å². The predicted molar refractivity (Wildman–Crippen MR) is 101 cm³/mol. The number of fused-ring (bicyclic) bond motifs is 2. The maximum Gasteiger partial charge on any atom is 0.335 e. The van der Waals surface area contributed by atoms with E-state index in [2.05, 4.69) is 0 Å². The Balaban J connectivity index is 1.43. The van der Waals surface area contributed by atoms with Crippen molar-refractivity contribution in [2.24, 2.45) is 0 Å². The van der Waals surface area contributed by atoms with Gasteiger partial charge in [-0.25, -0.2) is 4.79 Å². The van der Waals surface area contributed by atoms with E-state index >= 15 is 0 Å². The van der Waals surface area contributed by atoms with Gasteiger partial charge in [-0.2, -0.15) is 0 Å². The summed E-state index contributed by atoms with van der Waals surface area (Å²) in [4.78, 5) is 39.5. The number of hydrogen-bond acceptors (Lipinski definition) is 4. The standard InChI is InChI=1S/C21H20N2O5/c24-19(8-10-23-17-3-1-2-4-18(17)28-13-20(23)25)22-9-7-14-5-6-15(21(26)27)11-16(14)12-22/h1-6,11H,7-10,12-13H2,(H,26,27). The second-order valence-corrected chi connectivity index (χ2v) is 6.91. The Labute approximate surface area is 162 Å². The first kappa shape index (κ1) is 18.0. The highest BCUT2D eigenvalue weighted by Crippen LogP contribution is 2.31. The number of aromatic carboxylic acids is 1. The number of hydrogen-bond donors (Lipinski definition) is 1. The molecular weight excluding hydrogens is 360 g/mol. The summed E-state index contributed by atoms with van der Waals surface area (Å²) >= 11 is 0. The van der Waals surface area contributed by atoms with Gasteiger partial charge in [0.25, 0.3) is 5.91 Å². The van der Waals surface area contributed by atoms with Crippen LogP contribution < -0.4 is 9.64 Å². The molecule has 0 saturated heterocycles. The number of carbonyl (C=O) groups is 3. The summed E-state index contributed by atoms with van der Waals surface area (Å²) < 4.78 is 5.42. The van der Waals surface area contributed by atoms with Crippen LogP contribution in [0.1, 0.15) is 27.9 Å². The Morgan fingerprint density at radius 2 is 1.93 bits per heavy atom. The molecule has 0 fully saturated rings. The van der Waals surface area contributed by atoms with Crippen LogP contribution >= 0.6 is 0 Å². The molecule has 144 valence electrons. The van der Waals surface area contributed by atoms with Crippen molar-refractivity contribution in [3.63, 3.8) is 0 Å². The quantitative estimate of drug-likeness (QED) is 0.878. The first-order valence-corrected chi connectivity index (χ1v) is 9.18. The molecule has 2 aliphatic rings. The highest BCUT2D eigenvalue weighted by Gasteiger charge is 2.27. The minimum absolute atomic E-state index is 0.0275. The third-order valence-electron chi connectivity index (χ3n) is 5.18. The fourth-order valence-electron chi connectivity index (χ4n) is 3.67. The van der Waals surface area contributed by atoms with Gasteiger partial charge in [0, 0.05) is 26.1 Å². The molecule has 7 nitrogen and oxygen atoms in total. The number of para-hydroxylation sites is 2. The van der Waals surface area contributed by atoms with Gasteiger partial charge in [0.2, 0.25) is 5.91 Å². The second kappa shape index (κ2) is 7.34. The maximum absolute atomic E-state index is 12.7. The van der Waals surface area contributed by atoms with Gasteiger partial charge in [-0.15, -0.1) is 0 Å². The summed E-state index contributed by atoms with van der Waals surface area (Å²) in [5.74, 6) is -0.553. The highest BCUT2D eigenvalue weighted by molar-refractivity contribution is 5.98. The number of amides is 2. The van der Waals surface area contributed by atoms with Crippen molar-refractivity contribution >= 4 is 23.5 Å².